The van der Waals surface area contributed by atoms with E-state index in [2.05, 4.69) is 0 Å². The van der Waals surface area contributed by atoms with Gasteiger partial charge in [-0.1, -0.05) is 13.3 Å². The van der Waals surface area contributed by atoms with Gasteiger partial charge in [-0.3, -0.25) is 0 Å². The van der Waals surface area contributed by atoms with Gasteiger partial charge in [0.25, 0.3) is 0 Å². The van der Waals surface area contributed by atoms with Crippen molar-refractivity contribution >= 4 is 0 Å². The van der Waals surface area contributed by atoms with Gasteiger partial charge < -0.3 is 19.0 Å². The lowest BCUT2D eigenvalue weighted by Gasteiger charge is -2.29. The second-order valence-electron chi connectivity index (χ2n) is 8.64. The molecule has 1 aromatic heterocycles. The fraction of sp³-hybridized carbons (Fsp3) is 0.682. The lowest BCUT2D eigenvalue weighted by molar-refractivity contribution is 0.0256. The first-order valence-electron chi connectivity index (χ1n) is 10.3. The molecule has 1 saturated heterocycles. The smallest absolute Gasteiger partial charge is 0.346 e. The van der Waals surface area contributed by atoms with Gasteiger partial charge in [-0.2, -0.15) is 0 Å². The number of ether oxygens (including phenoxy) is 2. The van der Waals surface area contributed by atoms with E-state index < -0.39 is 11.2 Å². The van der Waals surface area contributed by atoms with E-state index >= 15 is 0 Å². The van der Waals surface area contributed by atoms with E-state index in [1.54, 1.807) is 12.3 Å². The van der Waals surface area contributed by atoms with Gasteiger partial charge in [0.2, 0.25) is 0 Å². The third-order valence-electron chi connectivity index (χ3n) is 6.50. The molecule has 3 heterocycles. The highest BCUT2D eigenvalue weighted by Gasteiger charge is 2.46. The maximum Gasteiger partial charge on any atom is 0.346 e. The van der Waals surface area contributed by atoms with Gasteiger partial charge in [-0.15, -0.1) is 0 Å². The van der Waals surface area contributed by atoms with Crippen molar-refractivity contribution in [3.63, 3.8) is 0 Å². The van der Waals surface area contributed by atoms with Crippen molar-refractivity contribution in [2.24, 2.45) is 11.3 Å². The summed E-state index contributed by atoms with van der Waals surface area (Å²) in [5, 5.41) is 10.7. The highest BCUT2D eigenvalue weighted by molar-refractivity contribution is 5.37. The molecular weight excluding hydrogens is 344 g/mol. The van der Waals surface area contributed by atoms with Crippen molar-refractivity contribution in [1.82, 2.24) is 0 Å². The fourth-order valence-electron chi connectivity index (χ4n) is 4.91. The van der Waals surface area contributed by atoms with Gasteiger partial charge in [0.15, 0.2) is 0 Å². The second kappa shape index (κ2) is 7.34. The third kappa shape index (κ3) is 3.79. The minimum Gasteiger partial charge on any atom is -0.507 e. The summed E-state index contributed by atoms with van der Waals surface area (Å²) in [6, 6.07) is 1.65. The van der Waals surface area contributed by atoms with E-state index in [0.717, 1.165) is 45.3 Å². The molecule has 5 nitrogen and oxygen atoms in total. The highest BCUT2D eigenvalue weighted by Crippen LogP contribution is 2.54. The first-order valence-corrected chi connectivity index (χ1v) is 10.3. The zero-order valence-electron chi connectivity index (χ0n) is 16.2. The summed E-state index contributed by atoms with van der Waals surface area (Å²) in [5.41, 5.74) is -0.730. The van der Waals surface area contributed by atoms with E-state index in [0.29, 0.717) is 24.5 Å². The van der Waals surface area contributed by atoms with Crippen LogP contribution in [0.25, 0.3) is 0 Å². The normalized spacial score (nSPS) is 26.9. The van der Waals surface area contributed by atoms with Gasteiger partial charge in [-0.05, 0) is 55.9 Å². The molecule has 27 heavy (non-hydrogen) atoms. The van der Waals surface area contributed by atoms with Crippen LogP contribution in [-0.2, 0) is 21.5 Å². The first kappa shape index (κ1) is 18.6. The van der Waals surface area contributed by atoms with E-state index in [1.807, 2.05) is 13.0 Å². The largest absolute Gasteiger partial charge is 0.507 e. The fourth-order valence-corrected chi connectivity index (χ4v) is 4.91. The molecule has 1 aliphatic carbocycles. The average Bonchev–Trinajstić information content (AvgIpc) is 3.21. The van der Waals surface area contributed by atoms with Crippen LogP contribution in [0.1, 0.15) is 69.6 Å². The van der Waals surface area contributed by atoms with Gasteiger partial charge >= 0.3 is 5.63 Å². The standard InChI is InChI=1S/C22H30O5/c1-2-6-22(7-3-10-26-22)19-18(23)13-17(27-20(19)24)15-21(8-9-21)14-16-4-11-25-12-5-16/h3,10,13,16,23H,2,4-9,11-12,14-15H2,1H3. The number of aromatic hydroxyl groups is 1. The lowest BCUT2D eigenvalue weighted by atomic mass is 9.84. The Morgan fingerprint density at radius 3 is 2.63 bits per heavy atom. The van der Waals surface area contributed by atoms with Gasteiger partial charge in [0.1, 0.15) is 22.7 Å². The van der Waals surface area contributed by atoms with Gasteiger partial charge in [-0.25, -0.2) is 4.79 Å². The minimum atomic E-state index is -0.780. The summed E-state index contributed by atoms with van der Waals surface area (Å²) in [6.45, 7) is 3.77. The number of rotatable bonds is 7. The van der Waals surface area contributed by atoms with E-state index in [4.69, 9.17) is 13.9 Å². The van der Waals surface area contributed by atoms with Gasteiger partial charge in [0.05, 0.1) is 6.26 Å². The maximum atomic E-state index is 12.8. The summed E-state index contributed by atoms with van der Waals surface area (Å²) in [6.07, 6.45) is 12.1. The molecule has 148 valence electrons. The average molecular weight is 374 g/mol. The number of hydrogen-bond acceptors (Lipinski definition) is 5. The Morgan fingerprint density at radius 1 is 1.26 bits per heavy atom. The monoisotopic (exact) mass is 374 g/mol. The van der Waals surface area contributed by atoms with Crippen LogP contribution in [0.3, 0.4) is 0 Å². The third-order valence-corrected chi connectivity index (χ3v) is 6.50. The first-order chi connectivity index (χ1) is 13.1. The Hall–Kier alpha value is -1.75. The molecule has 1 aromatic rings. The lowest BCUT2D eigenvalue weighted by Crippen LogP contribution is -2.31. The zero-order valence-corrected chi connectivity index (χ0v) is 16.2. The molecule has 2 fully saturated rings. The van der Waals surface area contributed by atoms with Gasteiger partial charge in [0, 0.05) is 32.1 Å². The zero-order chi connectivity index (χ0) is 18.9. The molecule has 0 aromatic carbocycles. The molecule has 0 bridgehead atoms. The van der Waals surface area contributed by atoms with Crippen LogP contribution in [0.5, 0.6) is 5.75 Å². The molecular formula is C22H30O5. The predicted octanol–water partition coefficient (Wildman–Crippen LogP) is 4.41. The van der Waals surface area contributed by atoms with E-state index in [1.165, 1.54) is 12.8 Å². The molecule has 1 unspecified atom stereocenters. The Morgan fingerprint density at radius 2 is 2.04 bits per heavy atom. The second-order valence-corrected chi connectivity index (χ2v) is 8.64. The summed E-state index contributed by atoms with van der Waals surface area (Å²) in [5.74, 6) is 1.32. The Kier molecular flexibility index (Phi) is 5.06. The molecule has 3 aliphatic rings. The maximum absolute atomic E-state index is 12.8. The molecule has 2 aliphatic heterocycles. The van der Waals surface area contributed by atoms with E-state index in [9.17, 15) is 9.90 Å². The van der Waals surface area contributed by atoms with Crippen LogP contribution in [0.4, 0.5) is 0 Å². The molecule has 0 spiro atoms. The molecule has 5 heteroatoms. The summed E-state index contributed by atoms with van der Waals surface area (Å²) in [7, 11) is 0. The molecule has 4 rings (SSSR count). The van der Waals surface area contributed by atoms with Crippen molar-refractivity contribution in [1.29, 1.82) is 0 Å². The van der Waals surface area contributed by atoms with Crippen molar-refractivity contribution in [3.05, 3.63) is 40.1 Å². The minimum absolute atomic E-state index is 0.0141. The molecule has 1 N–H and O–H groups in total. The summed E-state index contributed by atoms with van der Waals surface area (Å²) >= 11 is 0. The molecule has 0 radical (unpaired) electrons. The van der Waals surface area contributed by atoms with Crippen molar-refractivity contribution in [3.8, 4) is 5.75 Å². The number of hydrogen-bond donors (Lipinski definition) is 1. The van der Waals surface area contributed by atoms with Crippen LogP contribution in [-0.4, -0.2) is 18.3 Å². The Balaban J connectivity index is 1.53. The van der Waals surface area contributed by atoms with Crippen molar-refractivity contribution in [2.45, 2.75) is 70.3 Å². The predicted molar refractivity (Wildman–Crippen MR) is 102 cm³/mol. The molecule has 1 saturated carbocycles. The molecule has 1 atom stereocenters. The van der Waals surface area contributed by atoms with Crippen LogP contribution < -0.4 is 5.63 Å². The topological polar surface area (TPSA) is 68.9 Å². The molecule has 0 amide bonds. The van der Waals surface area contributed by atoms with Crippen LogP contribution in [0.15, 0.2) is 27.6 Å². The Bertz CT molecular complexity index is 744. The van der Waals surface area contributed by atoms with Crippen molar-refractivity contribution < 1.29 is 19.0 Å². The van der Waals surface area contributed by atoms with Crippen LogP contribution in [0, 0.1) is 11.3 Å². The van der Waals surface area contributed by atoms with E-state index in [-0.39, 0.29) is 16.7 Å². The van der Waals surface area contributed by atoms with Crippen molar-refractivity contribution in [2.75, 3.05) is 13.2 Å². The summed E-state index contributed by atoms with van der Waals surface area (Å²) in [4.78, 5) is 12.8. The SMILES string of the molecule is CCCC1(c2c(O)cc(CC3(CC4CCOCC4)CC3)oc2=O)CC=CO1. The quantitative estimate of drug-likeness (QED) is 0.765. The highest BCUT2D eigenvalue weighted by atomic mass is 16.5. The van der Waals surface area contributed by atoms with Crippen LogP contribution >= 0.6 is 0 Å². The Labute approximate surface area is 160 Å². The summed E-state index contributed by atoms with van der Waals surface area (Å²) < 4.78 is 16.9. The van der Waals surface area contributed by atoms with Crippen LogP contribution in [0.2, 0.25) is 0 Å².